The molecule has 23 heavy (non-hydrogen) atoms. The molecule has 3 rings (SSSR count). The summed E-state index contributed by atoms with van der Waals surface area (Å²) in [4.78, 5) is 26.3. The summed E-state index contributed by atoms with van der Waals surface area (Å²) in [6.45, 7) is 1.52. The number of hydrogen-bond acceptors (Lipinski definition) is 3. The van der Waals surface area contributed by atoms with E-state index < -0.39 is 0 Å². The van der Waals surface area contributed by atoms with Crippen LogP contribution in [-0.2, 0) is 16.1 Å². The van der Waals surface area contributed by atoms with Crippen LogP contribution in [-0.4, -0.2) is 41.9 Å². The molecule has 1 saturated heterocycles. The quantitative estimate of drug-likeness (QED) is 0.832. The maximum Gasteiger partial charge on any atom is 0.237 e. The number of amides is 2. The Kier molecular flexibility index (Phi) is 5.18. The summed E-state index contributed by atoms with van der Waals surface area (Å²) in [7, 11) is 0. The number of hydrogen-bond donors (Lipinski definition) is 2. The maximum absolute atomic E-state index is 12.2. The summed E-state index contributed by atoms with van der Waals surface area (Å²) in [6, 6.07) is 7.63. The summed E-state index contributed by atoms with van der Waals surface area (Å²) in [6.07, 6.45) is 3.96. The molecular formula is C17H22ClN3O2. The number of benzene rings is 1. The third-order valence-corrected chi connectivity index (χ3v) is 4.55. The van der Waals surface area contributed by atoms with Crippen LogP contribution in [0.5, 0.6) is 0 Å². The van der Waals surface area contributed by atoms with Crippen LogP contribution < -0.4 is 10.6 Å². The molecule has 1 atom stereocenters. The van der Waals surface area contributed by atoms with Gasteiger partial charge in [0.15, 0.2) is 0 Å². The lowest BCUT2D eigenvalue weighted by Crippen LogP contribution is -2.47. The number of rotatable bonds is 6. The van der Waals surface area contributed by atoms with E-state index in [1.54, 1.807) is 6.07 Å². The molecule has 2 aliphatic rings. The SMILES string of the molecule is O=C(CN1CCC[C@@H]1C(=O)NC1CC1)NCc1cccc(Cl)c1. The van der Waals surface area contributed by atoms with Gasteiger partial charge in [-0.05, 0) is 49.9 Å². The van der Waals surface area contributed by atoms with Crippen LogP contribution in [0.1, 0.15) is 31.2 Å². The Balaban J connectivity index is 1.47. The number of nitrogens with one attached hydrogen (secondary N) is 2. The predicted octanol–water partition coefficient (Wildman–Crippen LogP) is 1.70. The van der Waals surface area contributed by atoms with E-state index >= 15 is 0 Å². The normalized spacial score (nSPS) is 21.2. The Labute approximate surface area is 141 Å². The van der Waals surface area contributed by atoms with Crippen LogP contribution >= 0.6 is 11.6 Å². The Hall–Kier alpha value is -1.59. The Morgan fingerprint density at radius 3 is 2.83 bits per heavy atom. The average Bonchev–Trinajstić information content (AvgIpc) is 3.21. The second-order valence-electron chi connectivity index (χ2n) is 6.32. The fraction of sp³-hybridized carbons (Fsp3) is 0.529. The highest BCUT2D eigenvalue weighted by molar-refractivity contribution is 6.30. The van der Waals surface area contributed by atoms with E-state index in [-0.39, 0.29) is 24.4 Å². The number of nitrogens with zero attached hydrogens (tertiary/aromatic N) is 1. The molecule has 0 bridgehead atoms. The number of carbonyl (C=O) groups is 2. The molecule has 1 aromatic rings. The Bertz CT molecular complexity index is 589. The molecule has 0 radical (unpaired) electrons. The summed E-state index contributed by atoms with van der Waals surface area (Å²) in [5.74, 6) is 0.0174. The van der Waals surface area contributed by atoms with Crippen molar-refractivity contribution in [2.24, 2.45) is 0 Å². The third-order valence-electron chi connectivity index (χ3n) is 4.32. The van der Waals surface area contributed by atoms with Crippen LogP contribution in [0.2, 0.25) is 5.02 Å². The van der Waals surface area contributed by atoms with Gasteiger partial charge in [-0.1, -0.05) is 23.7 Å². The second-order valence-corrected chi connectivity index (χ2v) is 6.75. The van der Waals surface area contributed by atoms with Gasteiger partial charge in [-0.2, -0.15) is 0 Å². The molecule has 1 aliphatic carbocycles. The minimum absolute atomic E-state index is 0.0592. The van der Waals surface area contributed by atoms with Crippen molar-refractivity contribution in [3.63, 3.8) is 0 Å². The lowest BCUT2D eigenvalue weighted by molar-refractivity contribution is -0.127. The molecule has 1 aromatic carbocycles. The van der Waals surface area contributed by atoms with E-state index in [0.717, 1.165) is 37.8 Å². The molecular weight excluding hydrogens is 314 g/mol. The molecule has 6 heteroatoms. The van der Waals surface area contributed by atoms with E-state index in [4.69, 9.17) is 11.6 Å². The van der Waals surface area contributed by atoms with Crippen molar-refractivity contribution in [2.45, 2.75) is 44.3 Å². The molecule has 2 N–H and O–H groups in total. The minimum Gasteiger partial charge on any atom is -0.352 e. The molecule has 1 saturated carbocycles. The van der Waals surface area contributed by atoms with Gasteiger partial charge < -0.3 is 10.6 Å². The van der Waals surface area contributed by atoms with E-state index in [9.17, 15) is 9.59 Å². The smallest absolute Gasteiger partial charge is 0.237 e. The van der Waals surface area contributed by atoms with E-state index in [0.29, 0.717) is 17.6 Å². The third kappa shape index (κ3) is 4.69. The maximum atomic E-state index is 12.2. The fourth-order valence-electron chi connectivity index (χ4n) is 2.93. The highest BCUT2D eigenvalue weighted by Gasteiger charge is 2.34. The fourth-order valence-corrected chi connectivity index (χ4v) is 3.14. The summed E-state index contributed by atoms with van der Waals surface area (Å²) in [5, 5.41) is 6.59. The van der Waals surface area contributed by atoms with Crippen molar-refractivity contribution >= 4 is 23.4 Å². The number of carbonyl (C=O) groups excluding carboxylic acids is 2. The van der Waals surface area contributed by atoms with Crippen LogP contribution in [0.15, 0.2) is 24.3 Å². The van der Waals surface area contributed by atoms with Crippen LogP contribution in [0.4, 0.5) is 0 Å². The zero-order valence-electron chi connectivity index (χ0n) is 13.1. The molecule has 124 valence electrons. The van der Waals surface area contributed by atoms with Crippen LogP contribution in [0.25, 0.3) is 0 Å². The van der Waals surface area contributed by atoms with Crippen molar-refractivity contribution in [3.8, 4) is 0 Å². The van der Waals surface area contributed by atoms with Crippen molar-refractivity contribution < 1.29 is 9.59 Å². The zero-order chi connectivity index (χ0) is 16.2. The topological polar surface area (TPSA) is 61.4 Å². The van der Waals surface area contributed by atoms with Gasteiger partial charge in [0.25, 0.3) is 0 Å². The first-order valence-electron chi connectivity index (χ1n) is 8.17. The van der Waals surface area contributed by atoms with Crippen molar-refractivity contribution in [2.75, 3.05) is 13.1 Å². The van der Waals surface area contributed by atoms with Gasteiger partial charge in [-0.25, -0.2) is 0 Å². The van der Waals surface area contributed by atoms with Gasteiger partial charge in [-0.15, -0.1) is 0 Å². The zero-order valence-corrected chi connectivity index (χ0v) is 13.8. The van der Waals surface area contributed by atoms with Crippen molar-refractivity contribution in [1.82, 2.24) is 15.5 Å². The highest BCUT2D eigenvalue weighted by Crippen LogP contribution is 2.22. The standard InChI is InChI=1S/C17H22ClN3O2/c18-13-4-1-3-12(9-13)10-19-16(22)11-21-8-2-5-15(21)17(23)20-14-6-7-14/h1,3-4,9,14-15H,2,5-8,10-11H2,(H,19,22)(H,20,23)/t15-/m1/s1. The van der Waals surface area contributed by atoms with Crippen molar-refractivity contribution in [1.29, 1.82) is 0 Å². The van der Waals surface area contributed by atoms with Crippen LogP contribution in [0.3, 0.4) is 0 Å². The molecule has 0 aromatic heterocycles. The van der Waals surface area contributed by atoms with Gasteiger partial charge in [0, 0.05) is 17.6 Å². The first-order chi connectivity index (χ1) is 11.1. The van der Waals surface area contributed by atoms with Crippen molar-refractivity contribution in [3.05, 3.63) is 34.9 Å². The van der Waals surface area contributed by atoms with Gasteiger partial charge in [-0.3, -0.25) is 14.5 Å². The Morgan fingerprint density at radius 1 is 1.26 bits per heavy atom. The van der Waals surface area contributed by atoms with E-state index in [2.05, 4.69) is 10.6 Å². The minimum atomic E-state index is -0.160. The second kappa shape index (κ2) is 7.32. The van der Waals surface area contributed by atoms with Crippen LogP contribution in [0, 0.1) is 0 Å². The molecule has 5 nitrogen and oxygen atoms in total. The average molecular weight is 336 g/mol. The number of likely N-dealkylation sites (tertiary alicyclic amines) is 1. The lowest BCUT2D eigenvalue weighted by Gasteiger charge is -2.23. The van der Waals surface area contributed by atoms with E-state index in [1.807, 2.05) is 23.1 Å². The largest absolute Gasteiger partial charge is 0.352 e. The van der Waals surface area contributed by atoms with Gasteiger partial charge in [0.05, 0.1) is 12.6 Å². The molecule has 0 spiro atoms. The van der Waals surface area contributed by atoms with E-state index in [1.165, 1.54) is 0 Å². The first kappa shape index (κ1) is 16.3. The summed E-state index contributed by atoms with van der Waals surface area (Å²) < 4.78 is 0. The van der Waals surface area contributed by atoms with Gasteiger partial charge in [0.1, 0.15) is 0 Å². The molecule has 1 aliphatic heterocycles. The number of halogens is 1. The predicted molar refractivity (Wildman–Crippen MR) is 89.1 cm³/mol. The highest BCUT2D eigenvalue weighted by atomic mass is 35.5. The van der Waals surface area contributed by atoms with Gasteiger partial charge in [0.2, 0.25) is 11.8 Å². The molecule has 2 fully saturated rings. The Morgan fingerprint density at radius 2 is 2.09 bits per heavy atom. The molecule has 0 unspecified atom stereocenters. The van der Waals surface area contributed by atoms with Gasteiger partial charge >= 0.3 is 0 Å². The molecule has 1 heterocycles. The summed E-state index contributed by atoms with van der Waals surface area (Å²) >= 11 is 5.93. The summed E-state index contributed by atoms with van der Waals surface area (Å²) in [5.41, 5.74) is 0.968. The lowest BCUT2D eigenvalue weighted by atomic mass is 10.2. The monoisotopic (exact) mass is 335 g/mol. The first-order valence-corrected chi connectivity index (χ1v) is 8.55. The molecule has 2 amide bonds.